The Balaban J connectivity index is 1.88. The van der Waals surface area contributed by atoms with Crippen LogP contribution in [0.1, 0.15) is 38.5 Å². The first kappa shape index (κ1) is 9.00. The highest BCUT2D eigenvalue weighted by molar-refractivity contribution is 5.66. The molecule has 2 aliphatic heterocycles. The minimum absolute atomic E-state index is 0.312. The van der Waals surface area contributed by atoms with Crippen LogP contribution in [0.3, 0.4) is 0 Å². The van der Waals surface area contributed by atoms with Gasteiger partial charge in [0.1, 0.15) is 0 Å². The van der Waals surface area contributed by atoms with E-state index in [9.17, 15) is 4.79 Å². The van der Waals surface area contributed by atoms with Gasteiger partial charge in [-0.15, -0.1) is 0 Å². The van der Waals surface area contributed by atoms with Crippen LogP contribution in [0.25, 0.3) is 0 Å². The lowest BCUT2D eigenvalue weighted by molar-refractivity contribution is -0.137. The van der Waals surface area contributed by atoms with Gasteiger partial charge < -0.3 is 5.11 Å². The lowest BCUT2D eigenvalue weighted by Crippen LogP contribution is -2.40. The van der Waals surface area contributed by atoms with Gasteiger partial charge in [-0.3, -0.25) is 9.69 Å². The lowest BCUT2D eigenvalue weighted by atomic mass is 10.0. The van der Waals surface area contributed by atoms with Crippen molar-refractivity contribution < 1.29 is 9.90 Å². The van der Waals surface area contributed by atoms with Crippen molar-refractivity contribution in [1.29, 1.82) is 0 Å². The molecule has 0 aromatic rings. The number of hydrogen-bond acceptors (Lipinski definition) is 2. The Morgan fingerprint density at radius 1 is 1.23 bits per heavy atom. The summed E-state index contributed by atoms with van der Waals surface area (Å²) in [6.45, 7) is 0.769. The van der Waals surface area contributed by atoms with Gasteiger partial charge in [-0.1, -0.05) is 6.42 Å². The standard InChI is InChI=1S/C10H17NO2/c12-10(13)6-7-11-8-2-1-3-9(11)5-4-8/h8-9H,1-7H2,(H,12,13). The fourth-order valence-corrected chi connectivity index (χ4v) is 2.81. The van der Waals surface area contributed by atoms with E-state index in [1.54, 1.807) is 0 Å². The summed E-state index contributed by atoms with van der Waals surface area (Å²) >= 11 is 0. The van der Waals surface area contributed by atoms with Crippen LogP contribution in [-0.4, -0.2) is 34.6 Å². The number of nitrogens with zero attached hydrogens (tertiary/aromatic N) is 1. The van der Waals surface area contributed by atoms with Crippen molar-refractivity contribution in [3.63, 3.8) is 0 Å². The van der Waals surface area contributed by atoms with Crippen molar-refractivity contribution in [2.75, 3.05) is 6.54 Å². The average Bonchev–Trinajstić information content (AvgIpc) is 2.34. The van der Waals surface area contributed by atoms with Crippen LogP contribution in [0.15, 0.2) is 0 Å². The number of carboxylic acid groups (broad SMARTS) is 1. The SMILES string of the molecule is O=C(O)CCN1C2CCCC1CC2. The van der Waals surface area contributed by atoms with Gasteiger partial charge in [0.25, 0.3) is 0 Å². The molecular weight excluding hydrogens is 166 g/mol. The second-order valence-corrected chi connectivity index (χ2v) is 4.20. The van der Waals surface area contributed by atoms with Gasteiger partial charge in [-0.05, 0) is 25.7 Å². The van der Waals surface area contributed by atoms with Crippen molar-refractivity contribution in [2.45, 2.75) is 50.6 Å². The smallest absolute Gasteiger partial charge is 0.304 e. The van der Waals surface area contributed by atoms with E-state index < -0.39 is 5.97 Å². The third-order valence-electron chi connectivity index (χ3n) is 3.43. The molecule has 1 N–H and O–H groups in total. The van der Waals surface area contributed by atoms with Gasteiger partial charge in [0, 0.05) is 18.6 Å². The second-order valence-electron chi connectivity index (χ2n) is 4.20. The number of piperidine rings is 1. The first-order valence-electron chi connectivity index (χ1n) is 5.25. The molecule has 2 aliphatic rings. The molecule has 0 radical (unpaired) electrons. The Morgan fingerprint density at radius 2 is 1.85 bits per heavy atom. The second kappa shape index (κ2) is 3.66. The highest BCUT2D eigenvalue weighted by Crippen LogP contribution is 2.35. The van der Waals surface area contributed by atoms with Crippen molar-refractivity contribution in [3.05, 3.63) is 0 Å². The average molecular weight is 183 g/mol. The number of rotatable bonds is 3. The molecule has 3 heteroatoms. The van der Waals surface area contributed by atoms with Crippen molar-refractivity contribution in [3.8, 4) is 0 Å². The molecule has 13 heavy (non-hydrogen) atoms. The predicted octanol–water partition coefficient (Wildman–Crippen LogP) is 1.48. The Labute approximate surface area is 78.7 Å². The van der Waals surface area contributed by atoms with Gasteiger partial charge in [0.15, 0.2) is 0 Å². The molecule has 2 atom stereocenters. The number of hydrogen-bond donors (Lipinski definition) is 1. The molecule has 2 saturated heterocycles. The predicted molar refractivity (Wildman–Crippen MR) is 49.6 cm³/mol. The van der Waals surface area contributed by atoms with Gasteiger partial charge in [0.05, 0.1) is 6.42 Å². The molecule has 0 saturated carbocycles. The maximum Gasteiger partial charge on any atom is 0.304 e. The highest BCUT2D eigenvalue weighted by atomic mass is 16.4. The summed E-state index contributed by atoms with van der Waals surface area (Å²) in [5.74, 6) is -0.662. The summed E-state index contributed by atoms with van der Waals surface area (Å²) < 4.78 is 0. The number of aliphatic carboxylic acids is 1. The molecule has 2 fully saturated rings. The van der Waals surface area contributed by atoms with Crippen LogP contribution in [0.4, 0.5) is 0 Å². The summed E-state index contributed by atoms with van der Waals surface area (Å²) in [7, 11) is 0. The molecule has 2 heterocycles. The van der Waals surface area contributed by atoms with Crippen molar-refractivity contribution in [1.82, 2.24) is 4.90 Å². The fourth-order valence-electron chi connectivity index (χ4n) is 2.81. The summed E-state index contributed by atoms with van der Waals surface area (Å²) in [4.78, 5) is 12.9. The van der Waals surface area contributed by atoms with Crippen molar-refractivity contribution in [2.24, 2.45) is 0 Å². The topological polar surface area (TPSA) is 40.5 Å². The van der Waals surface area contributed by atoms with E-state index in [0.717, 1.165) is 6.54 Å². The monoisotopic (exact) mass is 183 g/mol. The number of carboxylic acids is 1. The lowest BCUT2D eigenvalue weighted by Gasteiger charge is -2.34. The van der Waals surface area contributed by atoms with Crippen molar-refractivity contribution >= 4 is 5.97 Å². The normalized spacial score (nSPS) is 33.5. The van der Waals surface area contributed by atoms with Gasteiger partial charge in [0.2, 0.25) is 0 Å². The molecule has 0 aliphatic carbocycles. The van der Waals surface area contributed by atoms with Gasteiger partial charge >= 0.3 is 5.97 Å². The molecule has 0 spiro atoms. The fraction of sp³-hybridized carbons (Fsp3) is 0.900. The first-order valence-corrected chi connectivity index (χ1v) is 5.25. The van der Waals surface area contributed by atoms with Crippen LogP contribution < -0.4 is 0 Å². The van der Waals surface area contributed by atoms with E-state index in [1.807, 2.05) is 0 Å². The molecule has 0 amide bonds. The maximum absolute atomic E-state index is 10.4. The Hall–Kier alpha value is -0.570. The third kappa shape index (κ3) is 1.85. The van der Waals surface area contributed by atoms with Crippen LogP contribution >= 0.6 is 0 Å². The van der Waals surface area contributed by atoms with E-state index in [-0.39, 0.29) is 0 Å². The summed E-state index contributed by atoms with van der Waals surface area (Å²) in [5, 5.41) is 8.61. The van der Waals surface area contributed by atoms with E-state index in [4.69, 9.17) is 5.11 Å². The number of fused-ring (bicyclic) bond motifs is 2. The van der Waals surface area contributed by atoms with Crippen LogP contribution in [0.2, 0.25) is 0 Å². The van der Waals surface area contributed by atoms with Gasteiger partial charge in [-0.2, -0.15) is 0 Å². The molecule has 74 valence electrons. The van der Waals surface area contributed by atoms with Crippen LogP contribution in [-0.2, 0) is 4.79 Å². The molecule has 3 nitrogen and oxygen atoms in total. The Bertz CT molecular complexity index is 189. The van der Waals surface area contributed by atoms with Crippen LogP contribution in [0, 0.1) is 0 Å². The van der Waals surface area contributed by atoms with E-state index >= 15 is 0 Å². The first-order chi connectivity index (χ1) is 6.27. The maximum atomic E-state index is 10.4. The summed E-state index contributed by atoms with van der Waals surface area (Å²) in [6, 6.07) is 1.41. The molecular formula is C10H17NO2. The zero-order chi connectivity index (χ0) is 9.26. The highest BCUT2D eigenvalue weighted by Gasteiger charge is 2.35. The van der Waals surface area contributed by atoms with E-state index in [2.05, 4.69) is 4.90 Å². The summed E-state index contributed by atoms with van der Waals surface area (Å²) in [6.07, 6.45) is 6.83. The molecule has 2 unspecified atom stereocenters. The summed E-state index contributed by atoms with van der Waals surface area (Å²) in [5.41, 5.74) is 0. The third-order valence-corrected chi connectivity index (χ3v) is 3.43. The number of carbonyl (C=O) groups is 1. The van der Waals surface area contributed by atoms with E-state index in [1.165, 1.54) is 32.1 Å². The zero-order valence-corrected chi connectivity index (χ0v) is 7.91. The molecule has 2 rings (SSSR count). The zero-order valence-electron chi connectivity index (χ0n) is 7.91. The van der Waals surface area contributed by atoms with E-state index in [0.29, 0.717) is 18.5 Å². The molecule has 0 aromatic heterocycles. The minimum Gasteiger partial charge on any atom is -0.481 e. The quantitative estimate of drug-likeness (QED) is 0.720. The molecule has 0 aromatic carbocycles. The van der Waals surface area contributed by atoms with Crippen LogP contribution in [0.5, 0.6) is 0 Å². The molecule has 2 bridgehead atoms. The van der Waals surface area contributed by atoms with Gasteiger partial charge in [-0.25, -0.2) is 0 Å². The minimum atomic E-state index is -0.662. The largest absolute Gasteiger partial charge is 0.481 e. The Morgan fingerprint density at radius 3 is 2.38 bits per heavy atom. The Kier molecular flexibility index (Phi) is 2.54.